The highest BCUT2D eigenvalue weighted by molar-refractivity contribution is 5.68. The van der Waals surface area contributed by atoms with E-state index in [1.54, 1.807) is 0 Å². The van der Waals surface area contributed by atoms with Gasteiger partial charge >= 0.3 is 6.09 Å². The van der Waals surface area contributed by atoms with Crippen LogP contribution in [0.4, 0.5) is 13.6 Å². The Morgan fingerprint density at radius 3 is 2.50 bits per heavy atom. The first-order chi connectivity index (χ1) is 12.5. The lowest BCUT2D eigenvalue weighted by Gasteiger charge is -2.52. The first kappa shape index (κ1) is 19.8. The maximum atomic E-state index is 12.7. The highest BCUT2D eigenvalue weighted by Crippen LogP contribution is 2.50. The molecule has 5 nitrogen and oxygen atoms in total. The summed E-state index contributed by atoms with van der Waals surface area (Å²) < 4.78 is 30.5. The molecule has 0 N–H and O–H groups in total. The van der Waals surface area contributed by atoms with Crippen molar-refractivity contribution in [3.63, 3.8) is 0 Å². The predicted molar refractivity (Wildman–Crippen MR) is 96.5 cm³/mol. The zero-order valence-corrected chi connectivity index (χ0v) is 16.1. The summed E-state index contributed by atoms with van der Waals surface area (Å²) in [5.74, 6) is 0. The van der Waals surface area contributed by atoms with Crippen molar-refractivity contribution in [2.75, 3.05) is 45.9 Å². The molecule has 1 amide bonds. The number of carbonyl (C=O) groups excluding carboxylic acids is 1. The van der Waals surface area contributed by atoms with Crippen LogP contribution in [0.15, 0.2) is 0 Å². The van der Waals surface area contributed by atoms with Gasteiger partial charge in [-0.2, -0.15) is 0 Å². The Kier molecular flexibility index (Phi) is 6.38. The second-order valence-corrected chi connectivity index (χ2v) is 8.18. The standard InChI is InChI=1S/C19H33F2N3O2/c1-3-22(13-17(20)21)15-5-8-23(9-6-15)16-11-19(12-16)7-10-24(14-19)18(25)26-4-2/h15-17H,3-14H2,1-2H3. The molecule has 0 unspecified atom stereocenters. The molecule has 0 radical (unpaired) electrons. The van der Waals surface area contributed by atoms with Crippen LogP contribution in [0.3, 0.4) is 0 Å². The summed E-state index contributed by atoms with van der Waals surface area (Å²) in [6, 6.07) is 0.897. The van der Waals surface area contributed by atoms with Gasteiger partial charge in [0.1, 0.15) is 0 Å². The minimum atomic E-state index is -2.25. The van der Waals surface area contributed by atoms with E-state index in [0.717, 1.165) is 58.3 Å². The van der Waals surface area contributed by atoms with Crippen LogP contribution >= 0.6 is 0 Å². The van der Waals surface area contributed by atoms with Gasteiger partial charge in [-0.25, -0.2) is 13.6 Å². The smallest absolute Gasteiger partial charge is 0.409 e. The SMILES string of the molecule is CCOC(=O)N1CCC2(CC(N3CCC(N(CC)CC(F)F)CC3)C2)C1. The van der Waals surface area contributed by atoms with E-state index in [9.17, 15) is 13.6 Å². The number of halogens is 2. The number of amides is 1. The van der Waals surface area contributed by atoms with Crippen molar-refractivity contribution in [2.24, 2.45) is 5.41 Å². The van der Waals surface area contributed by atoms with Crippen LogP contribution in [0, 0.1) is 5.41 Å². The Bertz CT molecular complexity index is 477. The Morgan fingerprint density at radius 2 is 1.92 bits per heavy atom. The molecule has 0 aromatic carbocycles. The van der Waals surface area contributed by atoms with Crippen molar-refractivity contribution < 1.29 is 18.3 Å². The third-order valence-electron chi connectivity index (χ3n) is 6.61. The van der Waals surface area contributed by atoms with Gasteiger partial charge in [0.15, 0.2) is 0 Å². The Morgan fingerprint density at radius 1 is 1.23 bits per heavy atom. The van der Waals surface area contributed by atoms with Gasteiger partial charge in [0.25, 0.3) is 6.43 Å². The molecule has 3 rings (SSSR count). The summed E-state index contributed by atoms with van der Waals surface area (Å²) in [5, 5.41) is 0. The van der Waals surface area contributed by atoms with Gasteiger partial charge in [-0.05, 0) is 64.1 Å². The van der Waals surface area contributed by atoms with Crippen LogP contribution in [-0.2, 0) is 4.74 Å². The molecular weight excluding hydrogens is 340 g/mol. The van der Waals surface area contributed by atoms with E-state index in [2.05, 4.69) is 4.90 Å². The second kappa shape index (κ2) is 8.38. The molecule has 3 fully saturated rings. The van der Waals surface area contributed by atoms with Gasteiger partial charge in [0, 0.05) is 25.2 Å². The lowest BCUT2D eigenvalue weighted by molar-refractivity contribution is -0.0214. The molecule has 2 aliphatic heterocycles. The third kappa shape index (κ3) is 4.30. The van der Waals surface area contributed by atoms with Gasteiger partial charge in [-0.3, -0.25) is 4.90 Å². The molecule has 1 aliphatic carbocycles. The molecule has 1 saturated carbocycles. The minimum Gasteiger partial charge on any atom is -0.450 e. The fourth-order valence-corrected chi connectivity index (χ4v) is 5.17. The molecule has 7 heteroatoms. The van der Waals surface area contributed by atoms with Crippen molar-refractivity contribution in [1.29, 1.82) is 0 Å². The number of hydrogen-bond donors (Lipinski definition) is 0. The highest BCUT2D eigenvalue weighted by atomic mass is 19.3. The fraction of sp³-hybridized carbons (Fsp3) is 0.947. The lowest BCUT2D eigenvalue weighted by Crippen LogP contribution is -2.56. The van der Waals surface area contributed by atoms with E-state index >= 15 is 0 Å². The molecule has 150 valence electrons. The van der Waals surface area contributed by atoms with Gasteiger partial charge in [-0.1, -0.05) is 6.92 Å². The predicted octanol–water partition coefficient (Wildman–Crippen LogP) is 3.05. The number of hydrogen-bond acceptors (Lipinski definition) is 4. The molecule has 0 bridgehead atoms. The van der Waals surface area contributed by atoms with E-state index < -0.39 is 6.43 Å². The van der Waals surface area contributed by atoms with Crippen LogP contribution < -0.4 is 0 Å². The maximum absolute atomic E-state index is 12.7. The lowest BCUT2D eigenvalue weighted by atomic mass is 9.64. The molecule has 1 spiro atoms. The molecule has 0 aromatic rings. The second-order valence-electron chi connectivity index (χ2n) is 8.18. The van der Waals surface area contributed by atoms with E-state index in [0.29, 0.717) is 30.7 Å². The number of ether oxygens (including phenoxy) is 1. The first-order valence-corrected chi connectivity index (χ1v) is 10.1. The maximum Gasteiger partial charge on any atom is 0.409 e. The zero-order chi connectivity index (χ0) is 18.7. The van der Waals surface area contributed by atoms with E-state index in [-0.39, 0.29) is 12.6 Å². The summed E-state index contributed by atoms with van der Waals surface area (Å²) in [6.45, 7) is 8.50. The topological polar surface area (TPSA) is 36.0 Å². The Hall–Kier alpha value is -0.950. The van der Waals surface area contributed by atoms with Gasteiger partial charge < -0.3 is 14.5 Å². The van der Waals surface area contributed by atoms with Crippen LogP contribution in [0.5, 0.6) is 0 Å². The van der Waals surface area contributed by atoms with Crippen molar-refractivity contribution in [1.82, 2.24) is 14.7 Å². The molecule has 0 atom stereocenters. The molecule has 2 heterocycles. The van der Waals surface area contributed by atoms with E-state index in [1.165, 1.54) is 0 Å². The fourth-order valence-electron chi connectivity index (χ4n) is 5.17. The molecule has 2 saturated heterocycles. The third-order valence-corrected chi connectivity index (χ3v) is 6.61. The quantitative estimate of drug-likeness (QED) is 0.717. The summed E-state index contributed by atoms with van der Waals surface area (Å²) in [5.41, 5.74) is 0.291. The first-order valence-electron chi connectivity index (χ1n) is 10.1. The van der Waals surface area contributed by atoms with Crippen molar-refractivity contribution >= 4 is 6.09 Å². The van der Waals surface area contributed by atoms with Gasteiger partial charge in [0.2, 0.25) is 0 Å². The summed E-state index contributed by atoms with van der Waals surface area (Å²) in [4.78, 5) is 18.2. The minimum absolute atomic E-state index is 0.0998. The van der Waals surface area contributed by atoms with E-state index in [4.69, 9.17) is 4.74 Å². The average Bonchev–Trinajstić information content (AvgIpc) is 3.04. The summed E-state index contributed by atoms with van der Waals surface area (Å²) >= 11 is 0. The zero-order valence-electron chi connectivity index (χ0n) is 16.1. The largest absolute Gasteiger partial charge is 0.450 e. The van der Waals surface area contributed by atoms with Crippen molar-refractivity contribution in [2.45, 2.75) is 64.5 Å². The molecule has 3 aliphatic rings. The Balaban J connectivity index is 1.42. The van der Waals surface area contributed by atoms with E-state index in [1.807, 2.05) is 23.6 Å². The van der Waals surface area contributed by atoms with Crippen LogP contribution in [0.1, 0.15) is 46.0 Å². The van der Waals surface area contributed by atoms with Crippen LogP contribution in [0.2, 0.25) is 0 Å². The molecule has 0 aromatic heterocycles. The Labute approximate surface area is 155 Å². The summed E-state index contributed by atoms with van der Waals surface area (Å²) in [7, 11) is 0. The van der Waals surface area contributed by atoms with Crippen molar-refractivity contribution in [3.8, 4) is 0 Å². The molecule has 26 heavy (non-hydrogen) atoms. The van der Waals surface area contributed by atoms with Crippen molar-refractivity contribution in [3.05, 3.63) is 0 Å². The highest BCUT2D eigenvalue weighted by Gasteiger charge is 2.51. The monoisotopic (exact) mass is 373 g/mol. The number of carbonyl (C=O) groups is 1. The average molecular weight is 373 g/mol. The number of nitrogens with zero attached hydrogens (tertiary/aromatic N) is 3. The van der Waals surface area contributed by atoms with Crippen LogP contribution in [0.25, 0.3) is 0 Å². The summed E-state index contributed by atoms with van der Waals surface area (Å²) in [6.07, 6.45) is 2.94. The number of likely N-dealkylation sites (tertiary alicyclic amines) is 2. The van der Waals surface area contributed by atoms with Gasteiger partial charge in [0.05, 0.1) is 13.2 Å². The number of alkyl halides is 2. The number of rotatable bonds is 6. The number of piperidine rings is 1. The normalized spacial score (nSPS) is 30.4. The molecular formula is C19H33F2N3O2. The van der Waals surface area contributed by atoms with Crippen LogP contribution in [-0.4, -0.2) is 85.2 Å². The van der Waals surface area contributed by atoms with Gasteiger partial charge in [-0.15, -0.1) is 0 Å².